The second kappa shape index (κ2) is 7.74. The van der Waals surface area contributed by atoms with E-state index in [1.54, 1.807) is 19.1 Å². The van der Waals surface area contributed by atoms with Crippen molar-refractivity contribution in [1.82, 2.24) is 15.5 Å². The van der Waals surface area contributed by atoms with Gasteiger partial charge in [0.05, 0.1) is 0 Å². The number of nitrogens with two attached hydrogens (primary N) is 1. The third-order valence-electron chi connectivity index (χ3n) is 4.59. The van der Waals surface area contributed by atoms with Gasteiger partial charge in [-0.1, -0.05) is 5.16 Å². The van der Waals surface area contributed by atoms with Gasteiger partial charge in [0.25, 0.3) is 0 Å². The summed E-state index contributed by atoms with van der Waals surface area (Å²) in [6.07, 6.45) is 4.45. The molecule has 1 saturated carbocycles. The molecule has 134 valence electrons. The third kappa shape index (κ3) is 4.63. The molecule has 6 nitrogen and oxygen atoms in total. The Morgan fingerprint density at radius 2 is 2.12 bits per heavy atom. The number of aryl methyl sites for hydroxylation is 2. The Morgan fingerprint density at radius 3 is 2.84 bits per heavy atom. The third-order valence-corrected chi connectivity index (χ3v) is 4.59. The van der Waals surface area contributed by atoms with Gasteiger partial charge < -0.3 is 15.6 Å². The summed E-state index contributed by atoms with van der Waals surface area (Å²) in [5.41, 5.74) is 7.08. The molecule has 0 saturated heterocycles. The van der Waals surface area contributed by atoms with Crippen LogP contribution in [0.15, 0.2) is 22.7 Å². The fraction of sp³-hybridized carbons (Fsp3) is 0.500. The summed E-state index contributed by atoms with van der Waals surface area (Å²) in [6.45, 7) is 1.68. The number of carbonyl (C=O) groups is 1. The first kappa shape index (κ1) is 17.5. The lowest BCUT2D eigenvalue weighted by Crippen LogP contribution is -2.40. The molecule has 7 heteroatoms. The Balaban J connectivity index is 1.51. The van der Waals surface area contributed by atoms with E-state index in [9.17, 15) is 9.18 Å². The van der Waals surface area contributed by atoms with Gasteiger partial charge in [0.2, 0.25) is 17.6 Å². The van der Waals surface area contributed by atoms with E-state index in [4.69, 9.17) is 10.3 Å². The predicted octanol–water partition coefficient (Wildman–Crippen LogP) is 2.50. The van der Waals surface area contributed by atoms with Gasteiger partial charge in [-0.15, -0.1) is 0 Å². The molecule has 0 aliphatic heterocycles. The summed E-state index contributed by atoms with van der Waals surface area (Å²) in [5, 5.41) is 6.94. The summed E-state index contributed by atoms with van der Waals surface area (Å²) in [6, 6.07) is 5.14. The molecule has 1 aromatic heterocycles. The number of benzene rings is 1. The maximum atomic E-state index is 13.3. The minimum absolute atomic E-state index is 0.0159. The SMILES string of the molecule is Cc1cc(-c2noc(CCC(=O)NC3CCC(N)CC3)n2)ccc1F. The van der Waals surface area contributed by atoms with Crippen molar-refractivity contribution in [3.8, 4) is 11.4 Å². The van der Waals surface area contributed by atoms with E-state index in [-0.39, 0.29) is 23.8 Å². The van der Waals surface area contributed by atoms with Gasteiger partial charge in [-0.3, -0.25) is 4.79 Å². The second-order valence-electron chi connectivity index (χ2n) is 6.65. The number of amides is 1. The maximum absolute atomic E-state index is 13.3. The largest absolute Gasteiger partial charge is 0.353 e. The highest BCUT2D eigenvalue weighted by atomic mass is 19.1. The van der Waals surface area contributed by atoms with Crippen LogP contribution in [0.1, 0.15) is 43.6 Å². The van der Waals surface area contributed by atoms with Gasteiger partial charge in [-0.05, 0) is 56.4 Å². The predicted molar refractivity (Wildman–Crippen MR) is 91.1 cm³/mol. The highest BCUT2D eigenvalue weighted by Gasteiger charge is 2.20. The molecule has 1 fully saturated rings. The second-order valence-corrected chi connectivity index (χ2v) is 6.65. The highest BCUT2D eigenvalue weighted by Crippen LogP contribution is 2.20. The molecule has 0 bridgehead atoms. The van der Waals surface area contributed by atoms with E-state index in [0.717, 1.165) is 25.7 Å². The van der Waals surface area contributed by atoms with Gasteiger partial charge in [0, 0.05) is 30.5 Å². The van der Waals surface area contributed by atoms with E-state index >= 15 is 0 Å². The number of hydrogen-bond acceptors (Lipinski definition) is 5. The fourth-order valence-electron chi connectivity index (χ4n) is 3.04. The zero-order valence-corrected chi connectivity index (χ0v) is 14.3. The Labute approximate surface area is 146 Å². The van der Waals surface area contributed by atoms with Crippen molar-refractivity contribution >= 4 is 5.91 Å². The lowest BCUT2D eigenvalue weighted by molar-refractivity contribution is -0.122. The molecule has 0 spiro atoms. The number of hydrogen-bond donors (Lipinski definition) is 2. The molecule has 0 radical (unpaired) electrons. The van der Waals surface area contributed by atoms with E-state index in [0.29, 0.717) is 35.7 Å². The van der Waals surface area contributed by atoms with Crippen molar-refractivity contribution in [2.45, 2.75) is 57.5 Å². The molecule has 0 unspecified atom stereocenters. The first-order valence-electron chi connectivity index (χ1n) is 8.65. The summed E-state index contributed by atoms with van der Waals surface area (Å²) in [4.78, 5) is 16.3. The summed E-state index contributed by atoms with van der Waals surface area (Å²) < 4.78 is 18.5. The van der Waals surface area contributed by atoms with Crippen LogP contribution in [-0.4, -0.2) is 28.1 Å². The number of nitrogens with zero attached hydrogens (tertiary/aromatic N) is 2. The molecule has 2 aromatic rings. The first-order valence-corrected chi connectivity index (χ1v) is 8.65. The number of rotatable bonds is 5. The summed E-state index contributed by atoms with van der Waals surface area (Å²) in [7, 11) is 0. The molecule has 3 rings (SSSR count). The Bertz CT molecular complexity index is 738. The number of carbonyl (C=O) groups excluding carboxylic acids is 1. The molecule has 0 atom stereocenters. The van der Waals surface area contributed by atoms with Crippen LogP contribution in [0, 0.1) is 12.7 Å². The van der Waals surface area contributed by atoms with Crippen LogP contribution < -0.4 is 11.1 Å². The maximum Gasteiger partial charge on any atom is 0.227 e. The van der Waals surface area contributed by atoms with Gasteiger partial charge >= 0.3 is 0 Å². The van der Waals surface area contributed by atoms with E-state index in [1.165, 1.54) is 6.07 Å². The van der Waals surface area contributed by atoms with Gasteiger partial charge in [0.15, 0.2) is 0 Å². The van der Waals surface area contributed by atoms with Crippen LogP contribution in [0.25, 0.3) is 11.4 Å². The van der Waals surface area contributed by atoms with Gasteiger partial charge in [-0.25, -0.2) is 4.39 Å². The van der Waals surface area contributed by atoms with Crippen molar-refractivity contribution in [2.24, 2.45) is 5.73 Å². The molecular weight excluding hydrogens is 323 g/mol. The van der Waals surface area contributed by atoms with Crippen LogP contribution in [0.2, 0.25) is 0 Å². The van der Waals surface area contributed by atoms with E-state index < -0.39 is 0 Å². The summed E-state index contributed by atoms with van der Waals surface area (Å²) >= 11 is 0. The molecule has 3 N–H and O–H groups in total. The molecule has 1 aliphatic carbocycles. The zero-order valence-electron chi connectivity index (χ0n) is 14.3. The van der Waals surface area contributed by atoms with Crippen molar-refractivity contribution in [3.05, 3.63) is 35.5 Å². The number of halogens is 1. The quantitative estimate of drug-likeness (QED) is 0.867. The number of aromatic nitrogens is 2. The lowest BCUT2D eigenvalue weighted by atomic mass is 9.92. The molecule has 1 heterocycles. The van der Waals surface area contributed by atoms with E-state index in [1.807, 2.05) is 0 Å². The number of nitrogens with one attached hydrogen (secondary N) is 1. The Morgan fingerprint density at radius 1 is 1.36 bits per heavy atom. The van der Waals surface area contributed by atoms with Crippen molar-refractivity contribution < 1.29 is 13.7 Å². The highest BCUT2D eigenvalue weighted by molar-refractivity contribution is 5.76. The van der Waals surface area contributed by atoms with Crippen molar-refractivity contribution in [1.29, 1.82) is 0 Å². The summed E-state index contributed by atoms with van der Waals surface area (Å²) in [5.74, 6) is 0.517. The Hall–Kier alpha value is -2.28. The fourth-order valence-corrected chi connectivity index (χ4v) is 3.04. The Kier molecular flexibility index (Phi) is 5.43. The normalized spacial score (nSPS) is 20.4. The monoisotopic (exact) mass is 346 g/mol. The van der Waals surface area contributed by atoms with Crippen LogP contribution in [0.3, 0.4) is 0 Å². The first-order chi connectivity index (χ1) is 12.0. The molecule has 1 aromatic carbocycles. The molecular formula is C18H23FN4O2. The van der Waals surface area contributed by atoms with E-state index in [2.05, 4.69) is 15.5 Å². The molecule has 1 amide bonds. The minimum atomic E-state index is -0.271. The molecule has 25 heavy (non-hydrogen) atoms. The average molecular weight is 346 g/mol. The van der Waals surface area contributed by atoms with Crippen molar-refractivity contribution in [2.75, 3.05) is 0 Å². The molecule has 1 aliphatic rings. The lowest BCUT2D eigenvalue weighted by Gasteiger charge is -2.26. The van der Waals surface area contributed by atoms with Crippen LogP contribution in [-0.2, 0) is 11.2 Å². The van der Waals surface area contributed by atoms with Gasteiger partial charge in [-0.2, -0.15) is 4.98 Å². The van der Waals surface area contributed by atoms with Crippen LogP contribution in [0.4, 0.5) is 4.39 Å². The minimum Gasteiger partial charge on any atom is -0.353 e. The topological polar surface area (TPSA) is 94.0 Å². The van der Waals surface area contributed by atoms with Crippen LogP contribution in [0.5, 0.6) is 0 Å². The smallest absolute Gasteiger partial charge is 0.227 e. The van der Waals surface area contributed by atoms with Crippen molar-refractivity contribution in [3.63, 3.8) is 0 Å². The zero-order chi connectivity index (χ0) is 17.8. The van der Waals surface area contributed by atoms with Gasteiger partial charge in [0.1, 0.15) is 5.82 Å². The van der Waals surface area contributed by atoms with Crippen LogP contribution >= 0.6 is 0 Å². The standard InChI is InChI=1S/C18H23FN4O2/c1-11-10-12(2-7-15(11)19)18-22-17(25-23-18)9-8-16(24)21-14-5-3-13(20)4-6-14/h2,7,10,13-14H,3-6,8-9,20H2,1H3,(H,21,24). The average Bonchev–Trinajstić information content (AvgIpc) is 3.07.